The van der Waals surface area contributed by atoms with E-state index in [2.05, 4.69) is 4.90 Å². The molecular weight excluding hydrogens is 283 g/mol. The Kier molecular flexibility index (Phi) is 6.61. The minimum absolute atomic E-state index is 0.117. The second kappa shape index (κ2) is 8.46. The molecule has 5 heteroatoms. The summed E-state index contributed by atoms with van der Waals surface area (Å²) >= 11 is 0. The minimum Gasteiger partial charge on any atom is -0.494 e. The number of likely N-dealkylation sites (tertiary alicyclic amines) is 1. The topological polar surface area (TPSA) is 47.7 Å². The van der Waals surface area contributed by atoms with Gasteiger partial charge in [0, 0.05) is 19.1 Å². The maximum Gasteiger partial charge on any atom is 0.123 e. The summed E-state index contributed by atoms with van der Waals surface area (Å²) in [6, 6.07) is 6.27. The van der Waals surface area contributed by atoms with E-state index in [1.54, 1.807) is 12.1 Å². The second-order valence-electron chi connectivity index (χ2n) is 6.13. The van der Waals surface area contributed by atoms with Gasteiger partial charge in [-0.05, 0) is 57.5 Å². The van der Waals surface area contributed by atoms with E-state index in [0.29, 0.717) is 12.4 Å². The van der Waals surface area contributed by atoms with Crippen LogP contribution in [0.4, 0.5) is 4.39 Å². The van der Waals surface area contributed by atoms with Crippen LogP contribution in [0.5, 0.6) is 5.75 Å². The van der Waals surface area contributed by atoms with Gasteiger partial charge in [0.15, 0.2) is 0 Å². The Morgan fingerprint density at radius 3 is 2.73 bits per heavy atom. The third-order valence-electron chi connectivity index (χ3n) is 3.84. The second-order valence-corrected chi connectivity index (χ2v) is 6.13. The van der Waals surface area contributed by atoms with Gasteiger partial charge in [0.05, 0.1) is 18.8 Å². The SMILES string of the molecule is CC(C)O[C@@H]1CN(CCCOc2ccc(F)cc2)CC[C@@H]1N. The highest BCUT2D eigenvalue weighted by Crippen LogP contribution is 2.15. The van der Waals surface area contributed by atoms with Crippen molar-refractivity contribution >= 4 is 0 Å². The molecule has 0 amide bonds. The molecule has 1 saturated heterocycles. The van der Waals surface area contributed by atoms with Crippen LogP contribution < -0.4 is 10.5 Å². The van der Waals surface area contributed by atoms with Crippen molar-refractivity contribution in [3.63, 3.8) is 0 Å². The molecule has 22 heavy (non-hydrogen) atoms. The van der Waals surface area contributed by atoms with Gasteiger partial charge in [0.25, 0.3) is 0 Å². The fraction of sp³-hybridized carbons (Fsp3) is 0.647. The largest absolute Gasteiger partial charge is 0.494 e. The molecule has 124 valence electrons. The van der Waals surface area contributed by atoms with Gasteiger partial charge in [-0.1, -0.05) is 0 Å². The van der Waals surface area contributed by atoms with Gasteiger partial charge in [-0.15, -0.1) is 0 Å². The molecule has 2 rings (SSSR count). The molecule has 0 aliphatic carbocycles. The Morgan fingerprint density at radius 2 is 2.05 bits per heavy atom. The molecule has 0 aromatic heterocycles. The number of hydrogen-bond donors (Lipinski definition) is 1. The maximum absolute atomic E-state index is 12.8. The third-order valence-corrected chi connectivity index (χ3v) is 3.84. The highest BCUT2D eigenvalue weighted by Gasteiger charge is 2.27. The summed E-state index contributed by atoms with van der Waals surface area (Å²) < 4.78 is 24.3. The van der Waals surface area contributed by atoms with Crippen LogP contribution in [0.25, 0.3) is 0 Å². The van der Waals surface area contributed by atoms with Crippen molar-refractivity contribution < 1.29 is 13.9 Å². The number of nitrogens with zero attached hydrogens (tertiary/aromatic N) is 1. The lowest BCUT2D eigenvalue weighted by atomic mass is 10.0. The zero-order chi connectivity index (χ0) is 15.9. The van der Waals surface area contributed by atoms with Crippen molar-refractivity contribution in [2.75, 3.05) is 26.2 Å². The fourth-order valence-electron chi connectivity index (χ4n) is 2.70. The summed E-state index contributed by atoms with van der Waals surface area (Å²) in [5, 5.41) is 0. The zero-order valence-electron chi connectivity index (χ0n) is 13.5. The first-order chi connectivity index (χ1) is 10.5. The van der Waals surface area contributed by atoms with E-state index in [4.69, 9.17) is 15.2 Å². The Balaban J connectivity index is 1.67. The number of halogens is 1. The summed E-state index contributed by atoms with van der Waals surface area (Å²) in [6.45, 7) is 7.58. The van der Waals surface area contributed by atoms with Gasteiger partial charge >= 0.3 is 0 Å². The molecule has 0 spiro atoms. The molecule has 1 fully saturated rings. The summed E-state index contributed by atoms with van der Waals surface area (Å²) in [4.78, 5) is 2.38. The minimum atomic E-state index is -0.242. The van der Waals surface area contributed by atoms with E-state index < -0.39 is 0 Å². The van der Waals surface area contributed by atoms with Crippen molar-refractivity contribution in [3.8, 4) is 5.75 Å². The molecule has 2 N–H and O–H groups in total. The molecule has 0 radical (unpaired) electrons. The monoisotopic (exact) mass is 310 g/mol. The summed E-state index contributed by atoms with van der Waals surface area (Å²) in [6.07, 6.45) is 2.22. The number of piperidine rings is 1. The normalized spacial score (nSPS) is 23.0. The van der Waals surface area contributed by atoms with E-state index in [9.17, 15) is 4.39 Å². The van der Waals surface area contributed by atoms with Crippen LogP contribution in [0.15, 0.2) is 24.3 Å². The number of nitrogens with two attached hydrogens (primary N) is 1. The number of benzene rings is 1. The van der Waals surface area contributed by atoms with Crippen molar-refractivity contribution in [2.24, 2.45) is 5.73 Å². The van der Waals surface area contributed by atoms with Crippen molar-refractivity contribution in [1.82, 2.24) is 4.90 Å². The Bertz CT molecular complexity index is 439. The van der Waals surface area contributed by atoms with E-state index in [1.165, 1.54) is 12.1 Å². The fourth-order valence-corrected chi connectivity index (χ4v) is 2.70. The lowest BCUT2D eigenvalue weighted by Crippen LogP contribution is -2.52. The van der Waals surface area contributed by atoms with Gasteiger partial charge in [-0.25, -0.2) is 4.39 Å². The predicted molar refractivity (Wildman–Crippen MR) is 85.6 cm³/mol. The number of rotatable bonds is 7. The molecule has 1 aliphatic heterocycles. The van der Waals surface area contributed by atoms with E-state index in [-0.39, 0.29) is 24.1 Å². The van der Waals surface area contributed by atoms with Crippen LogP contribution in [0.2, 0.25) is 0 Å². The van der Waals surface area contributed by atoms with E-state index in [1.807, 2.05) is 13.8 Å². The first kappa shape index (κ1) is 17.2. The average Bonchev–Trinajstić information content (AvgIpc) is 2.48. The number of ether oxygens (including phenoxy) is 2. The molecule has 0 bridgehead atoms. The molecular formula is C17H27FN2O2. The van der Waals surface area contributed by atoms with Crippen LogP contribution in [0.1, 0.15) is 26.7 Å². The Labute approximate surface area is 132 Å². The third kappa shape index (κ3) is 5.55. The molecule has 1 aromatic carbocycles. The van der Waals surface area contributed by atoms with Crippen LogP contribution in [0.3, 0.4) is 0 Å². The van der Waals surface area contributed by atoms with Gasteiger partial charge in [0.1, 0.15) is 11.6 Å². The Hall–Kier alpha value is -1.17. The van der Waals surface area contributed by atoms with Crippen molar-refractivity contribution in [3.05, 3.63) is 30.1 Å². The van der Waals surface area contributed by atoms with Gasteiger partial charge < -0.3 is 20.1 Å². The highest BCUT2D eigenvalue weighted by atomic mass is 19.1. The molecule has 1 heterocycles. The molecule has 2 atom stereocenters. The molecule has 0 saturated carbocycles. The van der Waals surface area contributed by atoms with Gasteiger partial charge in [-0.2, -0.15) is 0 Å². The van der Waals surface area contributed by atoms with E-state index >= 15 is 0 Å². The Morgan fingerprint density at radius 1 is 1.32 bits per heavy atom. The van der Waals surface area contributed by atoms with Gasteiger partial charge in [0.2, 0.25) is 0 Å². The standard InChI is InChI=1S/C17H27FN2O2/c1-13(2)22-17-12-20(10-8-16(17)19)9-3-11-21-15-6-4-14(18)5-7-15/h4-7,13,16-17H,3,8-12,19H2,1-2H3/t16-,17+/m0/s1. The first-order valence-electron chi connectivity index (χ1n) is 8.06. The van der Waals surface area contributed by atoms with E-state index in [0.717, 1.165) is 32.5 Å². The maximum atomic E-state index is 12.8. The first-order valence-corrected chi connectivity index (χ1v) is 8.06. The lowest BCUT2D eigenvalue weighted by molar-refractivity contribution is -0.0444. The lowest BCUT2D eigenvalue weighted by Gasteiger charge is -2.37. The molecule has 0 unspecified atom stereocenters. The summed E-state index contributed by atoms with van der Waals surface area (Å²) in [7, 11) is 0. The van der Waals surface area contributed by atoms with Crippen LogP contribution in [0, 0.1) is 5.82 Å². The predicted octanol–water partition coefficient (Wildman–Crippen LogP) is 2.42. The van der Waals surface area contributed by atoms with Crippen molar-refractivity contribution in [2.45, 2.75) is 44.9 Å². The molecule has 1 aliphatic rings. The number of hydrogen-bond acceptors (Lipinski definition) is 4. The van der Waals surface area contributed by atoms with Crippen LogP contribution >= 0.6 is 0 Å². The quantitative estimate of drug-likeness (QED) is 0.786. The van der Waals surface area contributed by atoms with Crippen molar-refractivity contribution in [1.29, 1.82) is 0 Å². The molecule has 1 aromatic rings. The van der Waals surface area contributed by atoms with Crippen LogP contribution in [-0.2, 0) is 4.74 Å². The van der Waals surface area contributed by atoms with Gasteiger partial charge in [-0.3, -0.25) is 0 Å². The smallest absolute Gasteiger partial charge is 0.123 e. The highest BCUT2D eigenvalue weighted by molar-refractivity contribution is 5.21. The van der Waals surface area contributed by atoms with Crippen LogP contribution in [-0.4, -0.2) is 49.4 Å². The summed E-state index contributed by atoms with van der Waals surface area (Å²) in [5.74, 6) is 0.469. The molecule has 4 nitrogen and oxygen atoms in total. The average molecular weight is 310 g/mol. The summed E-state index contributed by atoms with van der Waals surface area (Å²) in [5.41, 5.74) is 6.13. The zero-order valence-corrected chi connectivity index (χ0v) is 13.5.